The van der Waals surface area contributed by atoms with Gasteiger partial charge in [0.05, 0.1) is 11.8 Å². The van der Waals surface area contributed by atoms with E-state index in [2.05, 4.69) is 40.7 Å². The van der Waals surface area contributed by atoms with Crippen LogP contribution in [0.5, 0.6) is 0 Å². The fourth-order valence-electron chi connectivity index (χ4n) is 4.06. The Morgan fingerprint density at radius 1 is 1.03 bits per heavy atom. The molecule has 0 saturated heterocycles. The summed E-state index contributed by atoms with van der Waals surface area (Å²) in [6.07, 6.45) is 0.556. The molecule has 2 heterocycles. The molecule has 1 N–H and O–H groups in total. The molecule has 2 aromatic carbocycles. The highest BCUT2D eigenvalue weighted by molar-refractivity contribution is 5.80. The SMILES string of the molecule is C=C(F)c1cc(-c2cnn3ccc(Nc4ccc(N(CCC)CCC)cc4)nc23)cc(C(F)(F)F)c1. The lowest BCUT2D eigenvalue weighted by atomic mass is 10.0. The Kier molecular flexibility index (Phi) is 7.28. The first kappa shape index (κ1) is 25.2. The molecule has 0 radical (unpaired) electrons. The summed E-state index contributed by atoms with van der Waals surface area (Å²) in [6.45, 7) is 9.42. The van der Waals surface area contributed by atoms with E-state index in [-0.39, 0.29) is 11.1 Å². The Morgan fingerprint density at radius 3 is 2.33 bits per heavy atom. The summed E-state index contributed by atoms with van der Waals surface area (Å²) in [7, 11) is 0. The van der Waals surface area contributed by atoms with Crippen molar-refractivity contribution in [2.45, 2.75) is 32.9 Å². The fourth-order valence-corrected chi connectivity index (χ4v) is 4.06. The Hall–Kier alpha value is -3.88. The first-order valence-corrected chi connectivity index (χ1v) is 11.7. The summed E-state index contributed by atoms with van der Waals surface area (Å²) < 4.78 is 55.6. The lowest BCUT2D eigenvalue weighted by Gasteiger charge is -2.24. The highest BCUT2D eigenvalue weighted by atomic mass is 19.4. The predicted octanol–water partition coefficient (Wildman–Crippen LogP) is 7.73. The van der Waals surface area contributed by atoms with Crippen molar-refractivity contribution in [1.29, 1.82) is 0 Å². The van der Waals surface area contributed by atoms with Gasteiger partial charge in [-0.15, -0.1) is 0 Å². The van der Waals surface area contributed by atoms with E-state index in [4.69, 9.17) is 0 Å². The standard InChI is InChI=1S/C27H27F4N5/c1-4-11-35(12-5-2)23-8-6-22(7-9-23)33-25-10-13-36-26(34-25)24(17-32-36)20-14-19(18(3)28)15-21(16-20)27(29,30)31/h6-10,13-17H,3-5,11-12H2,1-2H3,(H,33,34). The van der Waals surface area contributed by atoms with Gasteiger partial charge in [0.15, 0.2) is 5.65 Å². The van der Waals surface area contributed by atoms with Gasteiger partial charge in [-0.1, -0.05) is 20.4 Å². The number of hydrogen-bond donors (Lipinski definition) is 1. The first-order chi connectivity index (χ1) is 17.2. The number of nitrogens with zero attached hydrogens (tertiary/aromatic N) is 4. The van der Waals surface area contributed by atoms with Crippen LogP contribution in [-0.4, -0.2) is 27.7 Å². The van der Waals surface area contributed by atoms with E-state index in [0.717, 1.165) is 49.4 Å². The van der Waals surface area contributed by atoms with Crippen LogP contribution in [0, 0.1) is 0 Å². The van der Waals surface area contributed by atoms with Crippen molar-refractivity contribution in [3.63, 3.8) is 0 Å². The van der Waals surface area contributed by atoms with Gasteiger partial charge in [0.2, 0.25) is 0 Å². The Labute approximate surface area is 207 Å². The summed E-state index contributed by atoms with van der Waals surface area (Å²) in [5.41, 5.74) is 1.58. The third-order valence-electron chi connectivity index (χ3n) is 5.75. The van der Waals surface area contributed by atoms with Crippen LogP contribution in [0.15, 0.2) is 67.5 Å². The molecule has 188 valence electrons. The molecule has 0 unspecified atom stereocenters. The lowest BCUT2D eigenvalue weighted by Crippen LogP contribution is -2.24. The van der Waals surface area contributed by atoms with Gasteiger partial charge in [-0.25, -0.2) is 13.9 Å². The average Bonchev–Trinajstić information content (AvgIpc) is 3.27. The number of benzene rings is 2. The van der Waals surface area contributed by atoms with E-state index >= 15 is 0 Å². The number of nitrogens with one attached hydrogen (secondary N) is 1. The molecule has 0 aliphatic carbocycles. The van der Waals surface area contributed by atoms with Crippen LogP contribution in [0.4, 0.5) is 34.8 Å². The van der Waals surface area contributed by atoms with Crippen LogP contribution in [0.2, 0.25) is 0 Å². The van der Waals surface area contributed by atoms with Gasteiger partial charge in [-0.2, -0.15) is 18.3 Å². The molecule has 0 amide bonds. The molecule has 0 saturated carbocycles. The maximum Gasteiger partial charge on any atom is 0.416 e. The molecule has 0 fully saturated rings. The van der Waals surface area contributed by atoms with Gasteiger partial charge in [-0.3, -0.25) is 0 Å². The molecule has 0 spiro atoms. The molecule has 0 atom stereocenters. The number of alkyl halides is 3. The quantitative estimate of drug-likeness (QED) is 0.240. The van der Waals surface area contributed by atoms with Crippen LogP contribution in [0.25, 0.3) is 22.6 Å². The van der Waals surface area contributed by atoms with E-state index in [1.807, 2.05) is 24.3 Å². The maximum absolute atomic E-state index is 13.8. The third kappa shape index (κ3) is 5.50. The number of anilines is 3. The number of rotatable bonds is 9. The van der Waals surface area contributed by atoms with Crippen molar-refractivity contribution >= 4 is 28.7 Å². The summed E-state index contributed by atoms with van der Waals surface area (Å²) in [5, 5.41) is 7.43. The minimum Gasteiger partial charge on any atom is -0.372 e. The average molecular weight is 498 g/mol. The zero-order valence-electron chi connectivity index (χ0n) is 20.1. The van der Waals surface area contributed by atoms with E-state index < -0.39 is 17.6 Å². The molecule has 9 heteroatoms. The van der Waals surface area contributed by atoms with Gasteiger partial charge >= 0.3 is 6.18 Å². The van der Waals surface area contributed by atoms with Gasteiger partial charge in [-0.05, 0) is 66.9 Å². The Bertz CT molecular complexity index is 1350. The van der Waals surface area contributed by atoms with E-state index in [1.165, 1.54) is 16.8 Å². The third-order valence-corrected chi connectivity index (χ3v) is 5.75. The second-order valence-electron chi connectivity index (χ2n) is 8.50. The number of hydrogen-bond acceptors (Lipinski definition) is 4. The molecule has 0 bridgehead atoms. The van der Waals surface area contributed by atoms with E-state index in [9.17, 15) is 17.6 Å². The van der Waals surface area contributed by atoms with Crippen molar-refractivity contribution in [3.8, 4) is 11.1 Å². The van der Waals surface area contributed by atoms with Gasteiger partial charge < -0.3 is 10.2 Å². The van der Waals surface area contributed by atoms with Crippen molar-refractivity contribution in [2.75, 3.05) is 23.3 Å². The van der Waals surface area contributed by atoms with Crippen LogP contribution in [0.3, 0.4) is 0 Å². The summed E-state index contributed by atoms with van der Waals surface area (Å²) in [6, 6.07) is 12.7. The van der Waals surface area contributed by atoms with Crippen LogP contribution in [0.1, 0.15) is 37.8 Å². The largest absolute Gasteiger partial charge is 0.416 e. The Balaban J connectivity index is 1.66. The Morgan fingerprint density at radius 2 is 1.72 bits per heavy atom. The van der Waals surface area contributed by atoms with Crippen molar-refractivity contribution in [1.82, 2.24) is 14.6 Å². The highest BCUT2D eigenvalue weighted by Gasteiger charge is 2.32. The van der Waals surface area contributed by atoms with Crippen molar-refractivity contribution < 1.29 is 17.6 Å². The second kappa shape index (κ2) is 10.4. The molecule has 36 heavy (non-hydrogen) atoms. The zero-order chi connectivity index (χ0) is 25.9. The second-order valence-corrected chi connectivity index (χ2v) is 8.50. The fraction of sp³-hybridized carbons (Fsp3) is 0.259. The molecule has 5 nitrogen and oxygen atoms in total. The van der Waals surface area contributed by atoms with Crippen LogP contribution >= 0.6 is 0 Å². The molecule has 4 rings (SSSR count). The molecular weight excluding hydrogens is 470 g/mol. The number of halogens is 4. The normalized spacial score (nSPS) is 11.6. The molecule has 4 aromatic rings. The number of fused-ring (bicyclic) bond motifs is 1. The smallest absolute Gasteiger partial charge is 0.372 e. The zero-order valence-corrected chi connectivity index (χ0v) is 20.1. The van der Waals surface area contributed by atoms with E-state index in [0.29, 0.717) is 17.0 Å². The molecular formula is C27H27F4N5. The van der Waals surface area contributed by atoms with Gasteiger partial charge in [0, 0.05) is 41.8 Å². The summed E-state index contributed by atoms with van der Waals surface area (Å²) in [5.74, 6) is -0.452. The molecule has 2 aromatic heterocycles. The number of aromatic nitrogens is 3. The van der Waals surface area contributed by atoms with Gasteiger partial charge in [0.25, 0.3) is 0 Å². The predicted molar refractivity (Wildman–Crippen MR) is 136 cm³/mol. The van der Waals surface area contributed by atoms with Crippen molar-refractivity contribution in [2.24, 2.45) is 0 Å². The lowest BCUT2D eigenvalue weighted by molar-refractivity contribution is -0.137. The molecule has 0 aliphatic heterocycles. The van der Waals surface area contributed by atoms with Gasteiger partial charge in [0.1, 0.15) is 11.6 Å². The van der Waals surface area contributed by atoms with Crippen LogP contribution in [-0.2, 0) is 6.18 Å². The summed E-state index contributed by atoms with van der Waals surface area (Å²) >= 11 is 0. The van der Waals surface area contributed by atoms with Crippen LogP contribution < -0.4 is 10.2 Å². The van der Waals surface area contributed by atoms with E-state index in [1.54, 1.807) is 12.3 Å². The molecule has 0 aliphatic rings. The topological polar surface area (TPSA) is 45.5 Å². The first-order valence-electron chi connectivity index (χ1n) is 11.7. The minimum absolute atomic E-state index is 0.148. The van der Waals surface area contributed by atoms with Crippen molar-refractivity contribution in [3.05, 3.63) is 78.6 Å². The maximum atomic E-state index is 13.8. The highest BCUT2D eigenvalue weighted by Crippen LogP contribution is 2.36. The monoisotopic (exact) mass is 497 g/mol. The summed E-state index contributed by atoms with van der Waals surface area (Å²) in [4.78, 5) is 6.91. The minimum atomic E-state index is -4.64.